The lowest BCUT2D eigenvalue weighted by atomic mass is 10.1. The number of methoxy groups -OCH3 is 1. The number of anilines is 2. The second-order valence-electron chi connectivity index (χ2n) is 8.89. The van der Waals surface area contributed by atoms with Crippen LogP contribution in [0, 0.1) is 0 Å². The fourth-order valence-electron chi connectivity index (χ4n) is 3.69. The predicted molar refractivity (Wildman–Crippen MR) is 165 cm³/mol. The van der Waals surface area contributed by atoms with Gasteiger partial charge in [-0.25, -0.2) is 0 Å². The summed E-state index contributed by atoms with van der Waals surface area (Å²) >= 11 is 7.27. The Morgan fingerprint density at radius 2 is 1.54 bits per heavy atom. The Bertz CT molecular complexity index is 1540. The van der Waals surface area contributed by atoms with Gasteiger partial charge in [-0.2, -0.15) is 0 Å². The largest absolute Gasteiger partial charge is 0.497 e. The van der Waals surface area contributed by atoms with E-state index in [2.05, 4.69) is 16.0 Å². The summed E-state index contributed by atoms with van der Waals surface area (Å²) in [4.78, 5) is 39.8. The molecule has 0 radical (unpaired) electrons. The van der Waals surface area contributed by atoms with Crippen molar-refractivity contribution in [3.8, 4) is 5.75 Å². The van der Waals surface area contributed by atoms with Gasteiger partial charge in [0.25, 0.3) is 11.8 Å². The van der Waals surface area contributed by atoms with E-state index in [1.165, 1.54) is 11.8 Å². The Labute approximate surface area is 248 Å². The molecule has 1 unspecified atom stereocenters. The van der Waals surface area contributed by atoms with Gasteiger partial charge in [0.15, 0.2) is 0 Å². The van der Waals surface area contributed by atoms with Crippen LogP contribution < -0.4 is 20.7 Å². The number of carbonyl (C=O) groups excluding carboxylic acids is 3. The van der Waals surface area contributed by atoms with Gasteiger partial charge >= 0.3 is 0 Å². The van der Waals surface area contributed by atoms with Crippen LogP contribution in [0.2, 0.25) is 5.02 Å². The third-order valence-corrected chi connectivity index (χ3v) is 7.19. The maximum absolute atomic E-state index is 13.4. The molecule has 9 heteroatoms. The molecule has 4 aromatic rings. The van der Waals surface area contributed by atoms with Gasteiger partial charge in [0, 0.05) is 26.9 Å². The quantitative estimate of drug-likeness (QED) is 0.139. The molecule has 0 saturated carbocycles. The Balaban J connectivity index is 1.48. The van der Waals surface area contributed by atoms with Crippen molar-refractivity contribution in [2.24, 2.45) is 0 Å². The zero-order valence-corrected chi connectivity index (χ0v) is 24.0. The topological polar surface area (TPSA) is 96.5 Å². The van der Waals surface area contributed by atoms with Crippen LogP contribution in [0.1, 0.15) is 22.8 Å². The highest BCUT2D eigenvalue weighted by Crippen LogP contribution is 2.27. The first kappa shape index (κ1) is 29.5. The average Bonchev–Trinajstić information content (AvgIpc) is 2.99. The smallest absolute Gasteiger partial charge is 0.272 e. The fourth-order valence-corrected chi connectivity index (χ4v) is 4.74. The predicted octanol–water partition coefficient (Wildman–Crippen LogP) is 6.88. The summed E-state index contributed by atoms with van der Waals surface area (Å²) in [6.45, 7) is 1.80. The highest BCUT2D eigenvalue weighted by atomic mass is 35.5. The number of hydrogen-bond acceptors (Lipinski definition) is 5. The van der Waals surface area contributed by atoms with E-state index >= 15 is 0 Å². The van der Waals surface area contributed by atoms with Crippen LogP contribution >= 0.6 is 23.4 Å². The van der Waals surface area contributed by atoms with Gasteiger partial charge in [-0.05, 0) is 85.3 Å². The Morgan fingerprint density at radius 1 is 0.829 bits per heavy atom. The second-order valence-corrected chi connectivity index (χ2v) is 10.7. The van der Waals surface area contributed by atoms with E-state index in [0.717, 1.165) is 4.90 Å². The molecule has 0 bridgehead atoms. The summed E-state index contributed by atoms with van der Waals surface area (Å²) in [7, 11) is 1.57. The van der Waals surface area contributed by atoms with E-state index in [9.17, 15) is 14.4 Å². The summed E-state index contributed by atoms with van der Waals surface area (Å²) in [5, 5.41) is 8.64. The minimum absolute atomic E-state index is 0.0674. The third kappa shape index (κ3) is 8.73. The van der Waals surface area contributed by atoms with Crippen molar-refractivity contribution in [1.29, 1.82) is 0 Å². The number of amides is 3. The minimum atomic E-state index is -0.499. The van der Waals surface area contributed by atoms with Gasteiger partial charge in [0.1, 0.15) is 11.4 Å². The van der Waals surface area contributed by atoms with Crippen LogP contribution in [0.25, 0.3) is 6.08 Å². The van der Waals surface area contributed by atoms with Gasteiger partial charge in [0.05, 0.1) is 12.4 Å². The molecule has 0 spiro atoms. The summed E-state index contributed by atoms with van der Waals surface area (Å²) in [5.74, 6) is -0.405. The Kier molecular flexibility index (Phi) is 10.2. The molecule has 4 aromatic carbocycles. The van der Waals surface area contributed by atoms with Gasteiger partial charge in [-0.15, -0.1) is 11.8 Å². The molecular weight excluding hydrogens is 558 g/mol. The third-order valence-electron chi connectivity index (χ3n) is 5.84. The number of nitrogens with one attached hydrogen (secondary N) is 3. The number of rotatable bonds is 10. The van der Waals surface area contributed by atoms with E-state index in [4.69, 9.17) is 16.3 Å². The lowest BCUT2D eigenvalue weighted by molar-refractivity contribution is -0.115. The molecule has 0 aliphatic heterocycles. The first-order valence-electron chi connectivity index (χ1n) is 12.7. The normalized spacial score (nSPS) is 11.7. The molecule has 0 aliphatic rings. The maximum Gasteiger partial charge on any atom is 0.272 e. The standard InChI is InChI=1S/C32H28ClN3O4S/c1-21(30(37)34-25-15-13-24(33)14-16-25)41-28-10-6-9-26(20-28)35-32(39)29(19-22-11-17-27(40-2)18-12-22)36-31(38)23-7-4-3-5-8-23/h3-21H,1-2H3,(H,34,37)(H,35,39)(H,36,38)/b29-19+. The first-order chi connectivity index (χ1) is 19.8. The van der Waals surface area contributed by atoms with Crippen molar-refractivity contribution in [2.45, 2.75) is 17.1 Å². The van der Waals surface area contributed by atoms with Gasteiger partial charge in [-0.3, -0.25) is 14.4 Å². The molecule has 1 atom stereocenters. The molecule has 0 aromatic heterocycles. The van der Waals surface area contributed by atoms with Crippen LogP contribution in [-0.4, -0.2) is 30.1 Å². The average molecular weight is 586 g/mol. The van der Waals surface area contributed by atoms with Crippen LogP contribution in [0.4, 0.5) is 11.4 Å². The fraction of sp³-hybridized carbons (Fsp3) is 0.0938. The number of hydrogen-bond donors (Lipinski definition) is 3. The first-order valence-corrected chi connectivity index (χ1v) is 13.9. The molecule has 3 amide bonds. The second kappa shape index (κ2) is 14.2. The van der Waals surface area contributed by atoms with Gasteiger partial charge < -0.3 is 20.7 Å². The minimum Gasteiger partial charge on any atom is -0.497 e. The molecule has 4 rings (SSSR count). The number of halogens is 1. The molecule has 7 nitrogen and oxygen atoms in total. The Hall–Kier alpha value is -4.53. The number of ether oxygens (including phenoxy) is 1. The summed E-state index contributed by atoms with van der Waals surface area (Å²) in [5.41, 5.74) is 2.36. The van der Waals surface area contributed by atoms with Crippen molar-refractivity contribution in [3.63, 3.8) is 0 Å². The lowest BCUT2D eigenvalue weighted by Gasteiger charge is -2.14. The number of carbonyl (C=O) groups is 3. The van der Waals surface area contributed by atoms with Crippen molar-refractivity contribution in [2.75, 3.05) is 17.7 Å². The van der Waals surface area contributed by atoms with Crippen LogP contribution in [0.3, 0.4) is 0 Å². The van der Waals surface area contributed by atoms with Crippen molar-refractivity contribution >= 4 is 58.5 Å². The zero-order valence-electron chi connectivity index (χ0n) is 22.4. The molecule has 208 valence electrons. The molecular formula is C32H28ClN3O4S. The van der Waals surface area contributed by atoms with Gasteiger partial charge in [0.2, 0.25) is 5.91 Å². The van der Waals surface area contributed by atoms with Crippen molar-refractivity contribution in [1.82, 2.24) is 5.32 Å². The van der Waals surface area contributed by atoms with Crippen LogP contribution in [0.15, 0.2) is 114 Å². The molecule has 41 heavy (non-hydrogen) atoms. The summed E-state index contributed by atoms with van der Waals surface area (Å²) < 4.78 is 5.21. The van der Waals surface area contributed by atoms with Crippen LogP contribution in [-0.2, 0) is 9.59 Å². The van der Waals surface area contributed by atoms with E-state index < -0.39 is 17.1 Å². The molecule has 0 aliphatic carbocycles. The molecule has 3 N–H and O–H groups in total. The van der Waals surface area contributed by atoms with Crippen LogP contribution in [0.5, 0.6) is 5.75 Å². The molecule has 0 fully saturated rings. The van der Waals surface area contributed by atoms with E-state index in [1.807, 2.05) is 12.1 Å². The highest BCUT2D eigenvalue weighted by Gasteiger charge is 2.17. The molecule has 0 saturated heterocycles. The monoisotopic (exact) mass is 585 g/mol. The van der Waals surface area contributed by atoms with E-state index in [1.54, 1.807) is 111 Å². The summed E-state index contributed by atoms with van der Waals surface area (Å²) in [6.07, 6.45) is 1.59. The van der Waals surface area contributed by atoms with Crippen molar-refractivity contribution < 1.29 is 19.1 Å². The number of thioether (sulfide) groups is 1. The molecule has 0 heterocycles. The maximum atomic E-state index is 13.4. The van der Waals surface area contributed by atoms with E-state index in [-0.39, 0.29) is 11.6 Å². The summed E-state index contributed by atoms with van der Waals surface area (Å²) in [6, 6.07) is 29.8. The highest BCUT2D eigenvalue weighted by molar-refractivity contribution is 8.00. The van der Waals surface area contributed by atoms with Crippen molar-refractivity contribution in [3.05, 3.63) is 125 Å². The number of benzene rings is 4. The van der Waals surface area contributed by atoms with Gasteiger partial charge in [-0.1, -0.05) is 48.0 Å². The van der Waals surface area contributed by atoms with E-state index in [0.29, 0.717) is 33.3 Å². The SMILES string of the molecule is COc1ccc(/C=C(/NC(=O)c2ccccc2)C(=O)Nc2cccc(SC(C)C(=O)Nc3ccc(Cl)cc3)c2)cc1. The zero-order chi connectivity index (χ0) is 29.2. The lowest BCUT2D eigenvalue weighted by Crippen LogP contribution is -2.30. The Morgan fingerprint density at radius 3 is 2.22 bits per heavy atom.